The SMILES string of the molecule is Cc1ccc2c(NCC(O)(CC(C)(C)c3ccc(Cl)cc3O)C(F)(F)F)ccnc2n1. The van der Waals surface area contributed by atoms with Crippen molar-refractivity contribution < 1.29 is 23.4 Å². The summed E-state index contributed by atoms with van der Waals surface area (Å²) >= 11 is 5.84. The molecule has 1 unspecified atom stereocenters. The van der Waals surface area contributed by atoms with Gasteiger partial charge in [0.25, 0.3) is 0 Å². The van der Waals surface area contributed by atoms with Gasteiger partial charge in [-0.15, -0.1) is 0 Å². The van der Waals surface area contributed by atoms with Gasteiger partial charge in [-0.25, -0.2) is 9.97 Å². The third-order valence-corrected chi connectivity index (χ3v) is 5.50. The average Bonchev–Trinajstić information content (AvgIpc) is 2.64. The maximum Gasteiger partial charge on any atom is 0.418 e. The fourth-order valence-corrected chi connectivity index (χ4v) is 3.85. The molecule has 5 nitrogen and oxygen atoms in total. The zero-order chi connectivity index (χ0) is 23.0. The van der Waals surface area contributed by atoms with Crippen LogP contribution in [0.1, 0.15) is 31.5 Å². The monoisotopic (exact) mass is 453 g/mol. The van der Waals surface area contributed by atoms with Crippen LogP contribution in [0.5, 0.6) is 5.75 Å². The van der Waals surface area contributed by atoms with Crippen LogP contribution in [0.4, 0.5) is 18.9 Å². The highest BCUT2D eigenvalue weighted by atomic mass is 35.5. The van der Waals surface area contributed by atoms with Crippen molar-refractivity contribution in [3.63, 3.8) is 0 Å². The zero-order valence-electron chi connectivity index (χ0n) is 17.3. The zero-order valence-corrected chi connectivity index (χ0v) is 18.0. The van der Waals surface area contributed by atoms with Crippen LogP contribution in [-0.2, 0) is 5.41 Å². The molecule has 166 valence electrons. The minimum absolute atomic E-state index is 0.225. The van der Waals surface area contributed by atoms with Gasteiger partial charge in [0.1, 0.15) is 5.75 Å². The molecule has 0 saturated carbocycles. The summed E-state index contributed by atoms with van der Waals surface area (Å²) in [6, 6.07) is 9.20. The molecule has 0 saturated heterocycles. The summed E-state index contributed by atoms with van der Waals surface area (Å²) in [7, 11) is 0. The van der Waals surface area contributed by atoms with Crippen molar-refractivity contribution in [2.45, 2.75) is 44.4 Å². The predicted molar refractivity (Wildman–Crippen MR) is 115 cm³/mol. The van der Waals surface area contributed by atoms with Gasteiger partial charge in [0.05, 0.1) is 6.54 Å². The standard InChI is InChI=1S/C22H23ClF3N3O2/c1-13-4-6-15-17(8-9-27-19(15)29-13)28-12-21(31,22(24,25)26)11-20(2,3)16-7-5-14(23)10-18(16)30/h4-10,30-31H,11-12H2,1-3H3,(H,27,28,29). The van der Waals surface area contributed by atoms with Crippen molar-refractivity contribution in [1.82, 2.24) is 9.97 Å². The summed E-state index contributed by atoms with van der Waals surface area (Å²) in [5.41, 5.74) is -2.52. The summed E-state index contributed by atoms with van der Waals surface area (Å²) in [5, 5.41) is 24.5. The molecule has 0 aliphatic rings. The van der Waals surface area contributed by atoms with E-state index >= 15 is 0 Å². The smallest absolute Gasteiger partial charge is 0.418 e. The quantitative estimate of drug-likeness (QED) is 0.467. The van der Waals surface area contributed by atoms with E-state index in [0.717, 1.165) is 5.69 Å². The van der Waals surface area contributed by atoms with Crippen LogP contribution < -0.4 is 5.32 Å². The molecule has 2 heterocycles. The van der Waals surface area contributed by atoms with Crippen molar-refractivity contribution in [3.05, 3.63) is 58.9 Å². The second-order valence-electron chi connectivity index (χ2n) is 8.29. The Morgan fingerprint density at radius 1 is 1.10 bits per heavy atom. The van der Waals surface area contributed by atoms with Gasteiger partial charge in [-0.2, -0.15) is 13.2 Å². The van der Waals surface area contributed by atoms with E-state index in [0.29, 0.717) is 16.7 Å². The first kappa shape index (κ1) is 23.1. The molecule has 2 aromatic heterocycles. The number of rotatable bonds is 6. The third-order valence-electron chi connectivity index (χ3n) is 5.26. The summed E-state index contributed by atoms with van der Waals surface area (Å²) in [6.07, 6.45) is -4.16. The average molecular weight is 454 g/mol. The second kappa shape index (κ2) is 8.16. The number of hydrogen-bond acceptors (Lipinski definition) is 5. The van der Waals surface area contributed by atoms with Gasteiger partial charge < -0.3 is 15.5 Å². The van der Waals surface area contributed by atoms with Crippen LogP contribution >= 0.6 is 11.6 Å². The number of pyridine rings is 2. The largest absolute Gasteiger partial charge is 0.508 e. The predicted octanol–water partition coefficient (Wildman–Crippen LogP) is 5.37. The Morgan fingerprint density at radius 2 is 1.81 bits per heavy atom. The Balaban J connectivity index is 1.91. The van der Waals surface area contributed by atoms with E-state index < -0.39 is 30.2 Å². The number of hydrogen-bond donors (Lipinski definition) is 3. The van der Waals surface area contributed by atoms with Gasteiger partial charge >= 0.3 is 6.18 Å². The first-order chi connectivity index (χ1) is 14.3. The van der Waals surface area contributed by atoms with Crippen molar-refractivity contribution in [3.8, 4) is 5.75 Å². The maximum atomic E-state index is 14.0. The number of phenols is 1. The lowest BCUT2D eigenvalue weighted by atomic mass is 9.74. The van der Waals surface area contributed by atoms with E-state index in [1.54, 1.807) is 19.1 Å². The molecule has 3 N–H and O–H groups in total. The number of nitrogens with one attached hydrogen (secondary N) is 1. The third kappa shape index (κ3) is 4.85. The van der Waals surface area contributed by atoms with Crippen molar-refractivity contribution >= 4 is 28.3 Å². The number of fused-ring (bicyclic) bond motifs is 1. The van der Waals surface area contributed by atoms with Crippen molar-refractivity contribution in [1.29, 1.82) is 0 Å². The number of aromatic hydroxyl groups is 1. The van der Waals surface area contributed by atoms with E-state index in [4.69, 9.17) is 11.6 Å². The molecule has 31 heavy (non-hydrogen) atoms. The minimum Gasteiger partial charge on any atom is -0.508 e. The molecular formula is C22H23ClF3N3O2. The lowest BCUT2D eigenvalue weighted by Crippen LogP contribution is -2.53. The normalized spacial score (nSPS) is 14.5. The Labute approximate surface area is 182 Å². The van der Waals surface area contributed by atoms with Crippen LogP contribution in [0.2, 0.25) is 5.02 Å². The first-order valence-electron chi connectivity index (χ1n) is 9.57. The molecule has 3 rings (SSSR count). The molecule has 0 aliphatic carbocycles. The lowest BCUT2D eigenvalue weighted by molar-refractivity contribution is -0.260. The first-order valence-corrected chi connectivity index (χ1v) is 9.95. The molecule has 0 amide bonds. The Hall–Kier alpha value is -2.58. The summed E-state index contributed by atoms with van der Waals surface area (Å²) in [4.78, 5) is 8.41. The van der Waals surface area contributed by atoms with Gasteiger partial charge in [-0.3, -0.25) is 0 Å². The lowest BCUT2D eigenvalue weighted by Gasteiger charge is -2.38. The number of benzene rings is 1. The minimum atomic E-state index is -4.92. The molecular weight excluding hydrogens is 431 g/mol. The van der Waals surface area contributed by atoms with E-state index in [-0.39, 0.29) is 16.3 Å². The molecule has 9 heteroatoms. The van der Waals surface area contributed by atoms with Gasteiger partial charge in [0.2, 0.25) is 0 Å². The van der Waals surface area contributed by atoms with Crippen LogP contribution in [0, 0.1) is 6.92 Å². The number of aryl methyl sites for hydroxylation is 1. The highest BCUT2D eigenvalue weighted by Gasteiger charge is 2.56. The fourth-order valence-electron chi connectivity index (χ4n) is 3.69. The molecule has 0 aliphatic heterocycles. The van der Waals surface area contributed by atoms with Gasteiger partial charge in [-0.1, -0.05) is 31.5 Å². The fraction of sp³-hybridized carbons (Fsp3) is 0.364. The highest BCUT2D eigenvalue weighted by Crippen LogP contribution is 2.44. The van der Waals surface area contributed by atoms with Crippen LogP contribution in [0.15, 0.2) is 42.6 Å². The van der Waals surface area contributed by atoms with Crippen LogP contribution in [-0.4, -0.2) is 38.5 Å². The Bertz CT molecular complexity index is 1110. The second-order valence-corrected chi connectivity index (χ2v) is 8.72. The highest BCUT2D eigenvalue weighted by molar-refractivity contribution is 6.30. The van der Waals surface area contributed by atoms with E-state index in [1.807, 2.05) is 0 Å². The number of aromatic nitrogens is 2. The van der Waals surface area contributed by atoms with Crippen molar-refractivity contribution in [2.24, 2.45) is 0 Å². The Kier molecular flexibility index (Phi) is 6.08. The summed E-state index contributed by atoms with van der Waals surface area (Å²) in [6.45, 7) is 4.06. The number of nitrogens with zero attached hydrogens (tertiary/aromatic N) is 2. The van der Waals surface area contributed by atoms with E-state index in [2.05, 4.69) is 15.3 Å². The summed E-state index contributed by atoms with van der Waals surface area (Å²) in [5.74, 6) is -0.225. The number of alkyl halides is 3. The number of halogens is 4. The van der Waals surface area contributed by atoms with E-state index in [9.17, 15) is 23.4 Å². The molecule has 0 spiro atoms. The maximum absolute atomic E-state index is 14.0. The summed E-state index contributed by atoms with van der Waals surface area (Å²) < 4.78 is 42.0. The van der Waals surface area contributed by atoms with E-state index in [1.165, 1.54) is 44.3 Å². The molecule has 3 aromatic rings. The molecule has 1 atom stereocenters. The molecule has 0 bridgehead atoms. The Morgan fingerprint density at radius 3 is 2.45 bits per heavy atom. The van der Waals surface area contributed by atoms with Crippen LogP contribution in [0.25, 0.3) is 11.0 Å². The molecule has 1 aromatic carbocycles. The topological polar surface area (TPSA) is 78.3 Å². The van der Waals surface area contributed by atoms with Gasteiger partial charge in [-0.05, 0) is 54.7 Å². The number of aliphatic hydroxyl groups is 1. The number of phenolic OH excluding ortho intramolecular Hbond substituents is 1. The van der Waals surface area contributed by atoms with Gasteiger partial charge in [0, 0.05) is 28.0 Å². The number of anilines is 1. The molecule has 0 radical (unpaired) electrons. The van der Waals surface area contributed by atoms with Crippen molar-refractivity contribution in [2.75, 3.05) is 11.9 Å². The molecule has 0 fully saturated rings. The van der Waals surface area contributed by atoms with Crippen LogP contribution in [0.3, 0.4) is 0 Å². The van der Waals surface area contributed by atoms with Gasteiger partial charge in [0.15, 0.2) is 11.2 Å².